The highest BCUT2D eigenvalue weighted by Crippen LogP contribution is 2.44. The Kier molecular flexibility index (Phi) is 7.09. The van der Waals surface area contributed by atoms with Crippen LogP contribution in [0.2, 0.25) is 0 Å². The number of nitrogens with zero attached hydrogens (tertiary/aromatic N) is 1. The highest BCUT2D eigenvalue weighted by Gasteiger charge is 2.43. The third-order valence-corrected chi connectivity index (χ3v) is 8.92. The number of carboxylic acid groups (broad SMARTS) is 2. The van der Waals surface area contributed by atoms with E-state index in [2.05, 4.69) is 15.9 Å². The number of aliphatic carboxylic acids is 1. The van der Waals surface area contributed by atoms with Crippen LogP contribution in [0.3, 0.4) is 0 Å². The zero-order valence-electron chi connectivity index (χ0n) is 18.8. The number of amides is 1. The van der Waals surface area contributed by atoms with Gasteiger partial charge in [-0.2, -0.15) is 0 Å². The molecule has 1 aliphatic rings. The van der Waals surface area contributed by atoms with Gasteiger partial charge in [-0.25, -0.2) is 4.79 Å². The molecule has 0 atom stereocenters. The fourth-order valence-corrected chi connectivity index (χ4v) is 6.82. The number of halogens is 1. The number of hydrogen-bond acceptors (Lipinski definition) is 4. The van der Waals surface area contributed by atoms with Crippen LogP contribution < -0.4 is 0 Å². The Bertz CT molecular complexity index is 1260. The predicted molar refractivity (Wildman–Crippen MR) is 136 cm³/mol. The van der Waals surface area contributed by atoms with Crippen LogP contribution >= 0.6 is 27.3 Å². The number of fused-ring (bicyclic) bond motifs is 1. The van der Waals surface area contributed by atoms with Crippen molar-refractivity contribution in [2.45, 2.75) is 45.6 Å². The quantitative estimate of drug-likeness (QED) is 0.342. The lowest BCUT2D eigenvalue weighted by atomic mass is 9.85. The van der Waals surface area contributed by atoms with Gasteiger partial charge in [0, 0.05) is 39.6 Å². The summed E-state index contributed by atoms with van der Waals surface area (Å²) in [6.45, 7) is 2.35. The molecular formula is C26H26BrNO5S. The van der Waals surface area contributed by atoms with Gasteiger partial charge >= 0.3 is 11.9 Å². The van der Waals surface area contributed by atoms with E-state index in [0.29, 0.717) is 31.4 Å². The maximum absolute atomic E-state index is 12.8. The molecule has 34 heavy (non-hydrogen) atoms. The van der Waals surface area contributed by atoms with Crippen LogP contribution in [-0.4, -0.2) is 39.5 Å². The monoisotopic (exact) mass is 543 g/mol. The molecule has 8 heteroatoms. The largest absolute Gasteiger partial charge is 0.481 e. The maximum atomic E-state index is 12.8. The average Bonchev–Trinajstić information content (AvgIpc) is 3.43. The first kappa shape index (κ1) is 24.4. The van der Waals surface area contributed by atoms with E-state index in [-0.39, 0.29) is 18.0 Å². The number of aromatic carboxylic acids is 1. The van der Waals surface area contributed by atoms with E-state index >= 15 is 0 Å². The Labute approximate surface area is 210 Å². The molecule has 1 amide bonds. The second kappa shape index (κ2) is 9.88. The van der Waals surface area contributed by atoms with Gasteiger partial charge in [-0.3, -0.25) is 9.59 Å². The molecule has 0 radical (unpaired) electrons. The van der Waals surface area contributed by atoms with E-state index in [1.54, 1.807) is 30.0 Å². The lowest BCUT2D eigenvalue weighted by Gasteiger charge is -2.32. The topological polar surface area (TPSA) is 94.9 Å². The van der Waals surface area contributed by atoms with Crippen LogP contribution in [0, 0.1) is 5.41 Å². The first-order chi connectivity index (χ1) is 16.3. The molecule has 1 heterocycles. The number of rotatable bonds is 8. The van der Waals surface area contributed by atoms with E-state index in [4.69, 9.17) is 0 Å². The van der Waals surface area contributed by atoms with Crippen molar-refractivity contribution in [1.29, 1.82) is 0 Å². The fourth-order valence-electron chi connectivity index (χ4n) is 4.79. The van der Waals surface area contributed by atoms with Crippen molar-refractivity contribution in [2.75, 3.05) is 6.54 Å². The fraction of sp³-hybridized carbons (Fsp3) is 0.346. The number of carbonyl (C=O) groups is 3. The van der Waals surface area contributed by atoms with Crippen LogP contribution in [0.15, 0.2) is 46.9 Å². The minimum atomic E-state index is -0.978. The van der Waals surface area contributed by atoms with E-state index in [1.807, 2.05) is 24.3 Å². The first-order valence-electron chi connectivity index (χ1n) is 11.3. The van der Waals surface area contributed by atoms with Crippen molar-refractivity contribution >= 4 is 55.2 Å². The van der Waals surface area contributed by atoms with Gasteiger partial charge in [0.1, 0.15) is 0 Å². The van der Waals surface area contributed by atoms with Crippen LogP contribution in [0.4, 0.5) is 0 Å². The second-order valence-corrected chi connectivity index (χ2v) is 10.7. The smallest absolute Gasteiger partial charge is 0.336 e. The summed E-state index contributed by atoms with van der Waals surface area (Å²) in [6.07, 6.45) is 3.24. The molecule has 0 bridgehead atoms. The van der Waals surface area contributed by atoms with E-state index < -0.39 is 17.4 Å². The summed E-state index contributed by atoms with van der Waals surface area (Å²) in [4.78, 5) is 39.1. The summed E-state index contributed by atoms with van der Waals surface area (Å²) < 4.78 is 1.81. The van der Waals surface area contributed by atoms with Crippen molar-refractivity contribution in [3.8, 4) is 10.4 Å². The highest BCUT2D eigenvalue weighted by atomic mass is 79.9. The first-order valence-corrected chi connectivity index (χ1v) is 12.9. The number of thiophene rings is 1. The van der Waals surface area contributed by atoms with Gasteiger partial charge in [-0.1, -0.05) is 44.0 Å². The minimum Gasteiger partial charge on any atom is -0.481 e. The minimum absolute atomic E-state index is 0.0620. The van der Waals surface area contributed by atoms with Crippen LogP contribution in [-0.2, 0) is 16.1 Å². The Morgan fingerprint density at radius 1 is 1.09 bits per heavy atom. The van der Waals surface area contributed by atoms with Crippen molar-refractivity contribution in [2.24, 2.45) is 5.41 Å². The van der Waals surface area contributed by atoms with Crippen LogP contribution in [0.5, 0.6) is 0 Å². The molecule has 0 unspecified atom stereocenters. The average molecular weight is 544 g/mol. The lowest BCUT2D eigenvalue weighted by Crippen LogP contribution is -2.43. The molecule has 1 aromatic heterocycles. The molecule has 3 aromatic rings. The molecule has 0 aliphatic heterocycles. The summed E-state index contributed by atoms with van der Waals surface area (Å²) in [5.74, 6) is -1.86. The normalized spacial score (nSPS) is 14.9. The predicted octanol–water partition coefficient (Wildman–Crippen LogP) is 6.41. The number of hydrogen-bond donors (Lipinski definition) is 2. The Hall–Kier alpha value is -2.71. The van der Waals surface area contributed by atoms with E-state index in [9.17, 15) is 24.6 Å². The molecule has 1 saturated carbocycles. The van der Waals surface area contributed by atoms with Gasteiger partial charge in [-0.15, -0.1) is 11.3 Å². The Morgan fingerprint density at radius 3 is 2.44 bits per heavy atom. The standard InChI is InChI=1S/C26H26BrNO5S/c1-2-21(29)28(15-26(25(32)33)11-5-6-12-26)14-16-9-10-20-19(13-16)22(27)23(34-20)17-7-3-4-8-18(17)24(30)31/h3-4,7-10,13H,2,5-6,11-12,14-15H2,1H3,(H,30,31)(H,32,33). The second-order valence-electron chi connectivity index (χ2n) is 8.82. The third-order valence-electron chi connectivity index (χ3n) is 6.63. The molecule has 0 spiro atoms. The van der Waals surface area contributed by atoms with Crippen molar-refractivity contribution in [3.05, 3.63) is 58.1 Å². The summed E-state index contributed by atoms with van der Waals surface area (Å²) in [5, 5.41) is 20.4. The molecule has 1 fully saturated rings. The zero-order chi connectivity index (χ0) is 24.5. The third kappa shape index (κ3) is 4.61. The number of benzene rings is 2. The summed E-state index contributed by atoms with van der Waals surface area (Å²) in [5.41, 5.74) is 0.928. The van der Waals surface area contributed by atoms with Gasteiger partial charge in [0.25, 0.3) is 0 Å². The summed E-state index contributed by atoms with van der Waals surface area (Å²) in [7, 11) is 0. The molecule has 4 rings (SSSR count). The van der Waals surface area contributed by atoms with Crippen LogP contribution in [0.25, 0.3) is 20.5 Å². The van der Waals surface area contributed by atoms with Gasteiger partial charge in [0.2, 0.25) is 5.91 Å². The Balaban J connectivity index is 1.68. The van der Waals surface area contributed by atoms with Crippen LogP contribution in [0.1, 0.15) is 54.9 Å². The lowest BCUT2D eigenvalue weighted by molar-refractivity contribution is -0.151. The molecule has 6 nitrogen and oxygen atoms in total. The zero-order valence-corrected chi connectivity index (χ0v) is 21.2. The van der Waals surface area contributed by atoms with Gasteiger partial charge in [0.05, 0.1) is 15.9 Å². The van der Waals surface area contributed by atoms with Crippen molar-refractivity contribution < 1.29 is 24.6 Å². The van der Waals surface area contributed by atoms with Crippen molar-refractivity contribution in [3.63, 3.8) is 0 Å². The molecule has 1 aliphatic carbocycles. The molecule has 178 valence electrons. The van der Waals surface area contributed by atoms with Crippen molar-refractivity contribution in [1.82, 2.24) is 4.90 Å². The summed E-state index contributed by atoms with van der Waals surface area (Å²) in [6, 6.07) is 12.9. The van der Waals surface area contributed by atoms with E-state index in [0.717, 1.165) is 37.8 Å². The van der Waals surface area contributed by atoms with Gasteiger partial charge in [0.15, 0.2) is 0 Å². The SMILES string of the molecule is CCC(=O)N(Cc1ccc2sc(-c3ccccc3C(=O)O)c(Br)c2c1)CC1(C(=O)O)CCCC1. The molecule has 2 N–H and O–H groups in total. The molecule has 2 aromatic carbocycles. The number of carbonyl (C=O) groups excluding carboxylic acids is 1. The van der Waals surface area contributed by atoms with Gasteiger partial charge in [-0.05, 0) is 52.5 Å². The molecular weight excluding hydrogens is 518 g/mol. The number of carboxylic acids is 2. The highest BCUT2D eigenvalue weighted by molar-refractivity contribution is 9.10. The van der Waals surface area contributed by atoms with E-state index in [1.165, 1.54) is 11.3 Å². The molecule has 0 saturated heterocycles. The maximum Gasteiger partial charge on any atom is 0.336 e. The van der Waals surface area contributed by atoms with Gasteiger partial charge < -0.3 is 15.1 Å². The summed E-state index contributed by atoms with van der Waals surface area (Å²) >= 11 is 5.18. The Morgan fingerprint density at radius 2 is 1.79 bits per heavy atom.